The number of rotatable bonds is 9. The molecule has 0 saturated carbocycles. The van der Waals surface area contributed by atoms with Gasteiger partial charge in [-0.3, -0.25) is 14.5 Å². The molecule has 1 unspecified atom stereocenters. The lowest BCUT2D eigenvalue weighted by Crippen LogP contribution is -2.46. The number of amides is 3. The van der Waals surface area contributed by atoms with Crippen LogP contribution < -0.4 is 16.0 Å². The summed E-state index contributed by atoms with van der Waals surface area (Å²) in [5.74, 6) is -3.30. The van der Waals surface area contributed by atoms with Gasteiger partial charge in [-0.25, -0.2) is 4.79 Å². The van der Waals surface area contributed by atoms with E-state index < -0.39 is 17.5 Å². The minimum absolute atomic E-state index is 0.0671. The number of ether oxygens (including phenoxy) is 1. The Kier molecular flexibility index (Phi) is 10.4. The molecule has 0 aromatic heterocycles. The zero-order chi connectivity index (χ0) is 24.4. The molecule has 11 heteroatoms. The van der Waals surface area contributed by atoms with Gasteiger partial charge >= 0.3 is 6.09 Å². The molecule has 1 aliphatic heterocycles. The maximum Gasteiger partial charge on any atom is 0.407 e. The molecule has 8 nitrogen and oxygen atoms in total. The van der Waals surface area contributed by atoms with E-state index in [-0.39, 0.29) is 37.4 Å². The van der Waals surface area contributed by atoms with Gasteiger partial charge in [0.1, 0.15) is 5.60 Å². The Bertz CT molecular complexity index is 820. The number of piperidine rings is 1. The molecule has 0 bridgehead atoms. The van der Waals surface area contributed by atoms with Gasteiger partial charge in [0.05, 0.1) is 18.2 Å². The molecule has 1 atom stereocenters. The maximum atomic E-state index is 12.7. The molecule has 1 saturated heterocycles. The fraction of sp³-hybridized carbons (Fsp3) is 0.591. The number of nitrogens with zero attached hydrogens (tertiary/aromatic N) is 1. The molecule has 3 amide bonds. The van der Waals surface area contributed by atoms with E-state index in [1.165, 1.54) is 6.07 Å². The second-order valence-corrected chi connectivity index (χ2v) is 9.75. The quantitative estimate of drug-likeness (QED) is 0.366. The van der Waals surface area contributed by atoms with E-state index in [0.717, 1.165) is 6.42 Å². The van der Waals surface area contributed by atoms with Crippen molar-refractivity contribution in [2.45, 2.75) is 49.9 Å². The number of alkyl halides is 2. The van der Waals surface area contributed by atoms with Crippen molar-refractivity contribution < 1.29 is 27.9 Å². The molecular formula is C22H32F2N4O4S. The highest BCUT2D eigenvalue weighted by Crippen LogP contribution is 2.31. The van der Waals surface area contributed by atoms with Crippen molar-refractivity contribution in [3.63, 3.8) is 0 Å². The molecule has 3 N–H and O–H groups in total. The topological polar surface area (TPSA) is 99.8 Å². The molecule has 0 radical (unpaired) electrons. The third-order valence-corrected chi connectivity index (χ3v) is 5.50. The van der Waals surface area contributed by atoms with E-state index in [2.05, 4.69) is 16.0 Å². The average molecular weight is 487 g/mol. The number of nitrogens with one attached hydrogen (secondary N) is 3. The summed E-state index contributed by atoms with van der Waals surface area (Å²) in [6.07, 6.45) is 0.927. The SMILES string of the molecule is CC(C)(C)OC(=O)NCCNC(=O)C1CCCN(CC(=O)Nc2ccccc2SC(F)F)C1. The van der Waals surface area contributed by atoms with Crippen LogP contribution in [0, 0.1) is 5.92 Å². The van der Waals surface area contributed by atoms with Crippen LogP contribution in [0.2, 0.25) is 0 Å². The van der Waals surface area contributed by atoms with Gasteiger partial charge in [0, 0.05) is 24.5 Å². The minimum Gasteiger partial charge on any atom is -0.444 e. The van der Waals surface area contributed by atoms with E-state index in [9.17, 15) is 23.2 Å². The van der Waals surface area contributed by atoms with E-state index in [4.69, 9.17) is 4.74 Å². The Hall–Kier alpha value is -2.40. The molecule has 1 aliphatic rings. The molecule has 33 heavy (non-hydrogen) atoms. The first kappa shape index (κ1) is 26.8. The van der Waals surface area contributed by atoms with Crippen LogP contribution in [0.15, 0.2) is 29.2 Å². The lowest BCUT2D eigenvalue weighted by atomic mass is 9.97. The smallest absolute Gasteiger partial charge is 0.407 e. The maximum absolute atomic E-state index is 12.7. The third-order valence-electron chi connectivity index (χ3n) is 4.71. The van der Waals surface area contributed by atoms with Gasteiger partial charge in [0.15, 0.2) is 0 Å². The Morgan fingerprint density at radius 1 is 1.18 bits per heavy atom. The molecular weight excluding hydrogens is 454 g/mol. The summed E-state index contributed by atoms with van der Waals surface area (Å²) in [5, 5.41) is 8.07. The number of thioether (sulfide) groups is 1. The first-order valence-corrected chi connectivity index (χ1v) is 11.7. The van der Waals surface area contributed by atoms with Gasteiger partial charge in [-0.1, -0.05) is 23.9 Å². The predicted octanol–water partition coefficient (Wildman–Crippen LogP) is 3.29. The van der Waals surface area contributed by atoms with Gasteiger partial charge in [-0.05, 0) is 52.3 Å². The van der Waals surface area contributed by atoms with Crippen LogP contribution in [0.3, 0.4) is 0 Å². The number of alkyl carbamates (subject to hydrolysis) is 1. The molecule has 1 aromatic carbocycles. The molecule has 184 valence electrons. The Labute approximate surface area is 197 Å². The standard InChI is InChI=1S/C22H32F2N4O4S/c1-22(2,3)32-21(31)26-11-10-25-19(30)15-7-6-12-28(13-15)14-18(29)27-16-8-4-5-9-17(16)33-20(23)24/h4-5,8-9,15,20H,6-7,10-14H2,1-3H3,(H,25,30)(H,26,31)(H,27,29). The summed E-state index contributed by atoms with van der Waals surface area (Å²) in [5.41, 5.74) is -0.244. The second kappa shape index (κ2) is 12.7. The number of halogens is 2. The number of hydrogen-bond donors (Lipinski definition) is 3. The summed E-state index contributed by atoms with van der Waals surface area (Å²) in [6.45, 7) is 6.98. The average Bonchev–Trinajstić information content (AvgIpc) is 2.71. The first-order chi connectivity index (χ1) is 15.5. The van der Waals surface area contributed by atoms with Crippen molar-refractivity contribution in [1.29, 1.82) is 0 Å². The van der Waals surface area contributed by atoms with Crippen LogP contribution >= 0.6 is 11.8 Å². The Morgan fingerprint density at radius 2 is 1.88 bits per heavy atom. The van der Waals surface area contributed by atoms with Crippen LogP contribution in [0.25, 0.3) is 0 Å². The van der Waals surface area contributed by atoms with Gasteiger partial charge in [-0.15, -0.1) is 0 Å². The normalized spacial score (nSPS) is 16.8. The van der Waals surface area contributed by atoms with Crippen molar-refractivity contribution in [3.05, 3.63) is 24.3 Å². The van der Waals surface area contributed by atoms with E-state index in [1.807, 2.05) is 4.90 Å². The van der Waals surface area contributed by atoms with Crippen LogP contribution in [0.5, 0.6) is 0 Å². The predicted molar refractivity (Wildman–Crippen MR) is 123 cm³/mol. The molecule has 1 aromatic rings. The number of carbonyl (C=O) groups is 3. The fourth-order valence-electron chi connectivity index (χ4n) is 3.38. The molecule has 0 aliphatic carbocycles. The first-order valence-electron chi connectivity index (χ1n) is 10.8. The second-order valence-electron chi connectivity index (χ2n) is 8.72. The summed E-state index contributed by atoms with van der Waals surface area (Å²) in [7, 11) is 0. The highest BCUT2D eigenvalue weighted by Gasteiger charge is 2.27. The molecule has 0 spiro atoms. The number of para-hydroxylation sites is 1. The Balaban J connectivity index is 1.75. The zero-order valence-electron chi connectivity index (χ0n) is 19.2. The molecule has 1 heterocycles. The summed E-state index contributed by atoms with van der Waals surface area (Å²) >= 11 is 0.382. The Morgan fingerprint density at radius 3 is 2.58 bits per heavy atom. The van der Waals surface area contributed by atoms with Crippen molar-refractivity contribution in [2.75, 3.05) is 38.0 Å². The highest BCUT2D eigenvalue weighted by molar-refractivity contribution is 7.99. The fourth-order valence-corrected chi connectivity index (χ4v) is 3.98. The van der Waals surface area contributed by atoms with Gasteiger partial charge in [0.2, 0.25) is 11.8 Å². The minimum atomic E-state index is -2.58. The zero-order valence-corrected chi connectivity index (χ0v) is 20.0. The van der Waals surface area contributed by atoms with Crippen molar-refractivity contribution in [3.8, 4) is 0 Å². The number of likely N-dealkylation sites (tertiary alicyclic amines) is 1. The summed E-state index contributed by atoms with van der Waals surface area (Å²) in [6, 6.07) is 6.42. The van der Waals surface area contributed by atoms with Crippen LogP contribution in [-0.4, -0.2) is 66.9 Å². The monoisotopic (exact) mass is 486 g/mol. The van der Waals surface area contributed by atoms with Gasteiger partial charge in [0.25, 0.3) is 5.76 Å². The molecule has 2 rings (SSSR count). The van der Waals surface area contributed by atoms with E-state index >= 15 is 0 Å². The highest BCUT2D eigenvalue weighted by atomic mass is 32.2. The lowest BCUT2D eigenvalue weighted by molar-refractivity contribution is -0.127. The van der Waals surface area contributed by atoms with Gasteiger partial charge in [-0.2, -0.15) is 8.78 Å². The van der Waals surface area contributed by atoms with Crippen LogP contribution in [0.4, 0.5) is 19.3 Å². The summed E-state index contributed by atoms with van der Waals surface area (Å²) < 4.78 is 30.6. The largest absolute Gasteiger partial charge is 0.444 e. The van der Waals surface area contributed by atoms with Crippen LogP contribution in [-0.2, 0) is 14.3 Å². The third kappa shape index (κ3) is 10.4. The van der Waals surface area contributed by atoms with Crippen LogP contribution in [0.1, 0.15) is 33.6 Å². The number of hydrogen-bond acceptors (Lipinski definition) is 6. The van der Waals surface area contributed by atoms with E-state index in [1.54, 1.807) is 39.0 Å². The number of anilines is 1. The number of carbonyl (C=O) groups excluding carboxylic acids is 3. The lowest BCUT2D eigenvalue weighted by Gasteiger charge is -2.31. The van der Waals surface area contributed by atoms with Gasteiger partial charge < -0.3 is 20.7 Å². The van der Waals surface area contributed by atoms with Crippen molar-refractivity contribution in [2.24, 2.45) is 5.92 Å². The molecule has 1 fully saturated rings. The van der Waals surface area contributed by atoms with E-state index in [0.29, 0.717) is 41.9 Å². The number of benzene rings is 1. The van der Waals surface area contributed by atoms with Crippen molar-refractivity contribution >= 4 is 35.4 Å². The summed E-state index contributed by atoms with van der Waals surface area (Å²) in [4.78, 5) is 38.8. The van der Waals surface area contributed by atoms with Crippen molar-refractivity contribution in [1.82, 2.24) is 15.5 Å².